The second-order valence-electron chi connectivity index (χ2n) is 13.7. The molecule has 0 radical (unpaired) electrons. The summed E-state index contributed by atoms with van der Waals surface area (Å²) in [5, 5.41) is 5.96. The summed E-state index contributed by atoms with van der Waals surface area (Å²) in [6.45, 7) is 18.5. The second kappa shape index (κ2) is 18.2. The number of anilines is 3. The van der Waals surface area contributed by atoms with Crippen molar-refractivity contribution in [2.24, 2.45) is 11.8 Å². The van der Waals surface area contributed by atoms with Crippen molar-refractivity contribution < 1.29 is 33.4 Å². The van der Waals surface area contributed by atoms with Crippen molar-refractivity contribution in [2.75, 3.05) is 49.0 Å². The first-order chi connectivity index (χ1) is 22.0. The predicted octanol–water partition coefficient (Wildman–Crippen LogP) is 7.55. The van der Waals surface area contributed by atoms with Crippen LogP contribution >= 0.6 is 0 Å². The second-order valence-corrected chi connectivity index (χ2v) is 13.7. The molecule has 0 spiro atoms. The number of likely N-dealkylation sites (N-methyl/N-ethyl adjacent to an activating group) is 1. The SMILES string of the molecule is CC[C@@H](CC(=O)OCOC(=O)CN(C)C(=O)OC(C)(C)C)c1ccc(N(CC(C)C)CC(C)C)c(NC(=O)Nc2ccc(C)cc2)c1. The quantitative estimate of drug-likeness (QED) is 0.149. The third-order valence-corrected chi connectivity index (χ3v) is 6.98. The molecule has 260 valence electrons. The van der Waals surface area contributed by atoms with Crippen molar-refractivity contribution in [1.82, 2.24) is 4.90 Å². The van der Waals surface area contributed by atoms with Gasteiger partial charge in [0.05, 0.1) is 17.8 Å². The molecule has 47 heavy (non-hydrogen) atoms. The molecule has 2 aromatic rings. The van der Waals surface area contributed by atoms with Crippen LogP contribution in [0.1, 0.15) is 85.3 Å². The molecule has 0 bridgehead atoms. The summed E-state index contributed by atoms with van der Waals surface area (Å²) in [5.74, 6) is -0.696. The summed E-state index contributed by atoms with van der Waals surface area (Å²) < 4.78 is 15.4. The Balaban J connectivity index is 2.16. The summed E-state index contributed by atoms with van der Waals surface area (Å²) in [6, 6.07) is 13.1. The van der Waals surface area contributed by atoms with E-state index in [4.69, 9.17) is 14.2 Å². The minimum atomic E-state index is -0.735. The molecule has 0 saturated carbocycles. The molecule has 1 atom stereocenters. The third-order valence-electron chi connectivity index (χ3n) is 6.98. The van der Waals surface area contributed by atoms with E-state index < -0.39 is 30.4 Å². The van der Waals surface area contributed by atoms with E-state index in [0.29, 0.717) is 29.6 Å². The Labute approximate surface area is 280 Å². The molecular weight excluding hydrogens is 600 g/mol. The number of urea groups is 1. The molecule has 2 aromatic carbocycles. The number of carbonyl (C=O) groups excluding carboxylic acids is 4. The molecule has 3 amide bonds. The Morgan fingerprint density at radius 1 is 0.851 bits per heavy atom. The molecule has 0 unspecified atom stereocenters. The number of hydrogen-bond donors (Lipinski definition) is 2. The highest BCUT2D eigenvalue weighted by molar-refractivity contribution is 6.02. The van der Waals surface area contributed by atoms with Gasteiger partial charge in [0.1, 0.15) is 12.1 Å². The van der Waals surface area contributed by atoms with Gasteiger partial charge in [-0.05, 0) is 81.7 Å². The standard InChI is InChI=1S/C36H54N4O7/c1-11-27(19-32(41)45-23-46-33(42)22-39(10)35(44)47-36(7,8)9)28-14-17-31(40(20-24(2)3)21-25(4)5)30(18-28)38-34(43)37-29-15-12-26(6)13-16-29/h12-18,24-25,27H,11,19-23H2,1-10H3,(H2,37,38,43)/t27-/m0/s1. The predicted molar refractivity (Wildman–Crippen MR) is 186 cm³/mol. The number of rotatable bonds is 15. The minimum Gasteiger partial charge on any atom is -0.444 e. The maximum atomic E-state index is 13.2. The van der Waals surface area contributed by atoms with Gasteiger partial charge in [0.2, 0.25) is 6.79 Å². The topological polar surface area (TPSA) is 127 Å². The van der Waals surface area contributed by atoms with Crippen LogP contribution in [-0.2, 0) is 23.8 Å². The highest BCUT2D eigenvalue weighted by Crippen LogP contribution is 2.34. The lowest BCUT2D eigenvalue weighted by molar-refractivity contribution is -0.167. The zero-order valence-electron chi connectivity index (χ0n) is 29.8. The zero-order chi connectivity index (χ0) is 35.3. The van der Waals surface area contributed by atoms with E-state index >= 15 is 0 Å². The average molecular weight is 655 g/mol. The molecule has 0 aromatic heterocycles. The first-order valence-corrected chi connectivity index (χ1v) is 16.3. The van der Waals surface area contributed by atoms with E-state index in [2.05, 4.69) is 43.2 Å². The molecule has 0 fully saturated rings. The largest absolute Gasteiger partial charge is 0.444 e. The van der Waals surface area contributed by atoms with Crippen LogP contribution in [0.4, 0.5) is 26.7 Å². The Hall–Kier alpha value is -4.28. The van der Waals surface area contributed by atoms with E-state index in [0.717, 1.165) is 34.8 Å². The molecule has 0 aliphatic rings. The van der Waals surface area contributed by atoms with Gasteiger partial charge in [0.15, 0.2) is 0 Å². The first-order valence-electron chi connectivity index (χ1n) is 16.3. The minimum absolute atomic E-state index is 0.0436. The van der Waals surface area contributed by atoms with Gasteiger partial charge in [-0.1, -0.05) is 58.4 Å². The van der Waals surface area contributed by atoms with Gasteiger partial charge < -0.3 is 34.6 Å². The van der Waals surface area contributed by atoms with Crippen LogP contribution in [0, 0.1) is 18.8 Å². The van der Waals surface area contributed by atoms with Crippen molar-refractivity contribution in [2.45, 2.75) is 86.7 Å². The Morgan fingerprint density at radius 2 is 1.45 bits per heavy atom. The van der Waals surface area contributed by atoms with E-state index in [1.807, 2.05) is 56.3 Å². The van der Waals surface area contributed by atoms with Gasteiger partial charge in [-0.25, -0.2) is 9.59 Å². The van der Waals surface area contributed by atoms with Crippen LogP contribution in [0.15, 0.2) is 42.5 Å². The Bertz CT molecular complexity index is 1330. The molecule has 11 nitrogen and oxygen atoms in total. The van der Waals surface area contributed by atoms with Gasteiger partial charge in [0.25, 0.3) is 0 Å². The smallest absolute Gasteiger partial charge is 0.410 e. The number of ether oxygens (including phenoxy) is 3. The van der Waals surface area contributed by atoms with Gasteiger partial charge in [-0.3, -0.25) is 9.59 Å². The number of nitrogens with one attached hydrogen (secondary N) is 2. The Kier molecular flexibility index (Phi) is 15.0. The lowest BCUT2D eigenvalue weighted by atomic mass is 9.92. The monoisotopic (exact) mass is 654 g/mol. The maximum absolute atomic E-state index is 13.2. The van der Waals surface area contributed by atoms with Crippen molar-refractivity contribution in [3.8, 4) is 0 Å². The van der Waals surface area contributed by atoms with Crippen LogP contribution in [0.3, 0.4) is 0 Å². The number of hydrogen-bond acceptors (Lipinski definition) is 8. The molecule has 0 aliphatic heterocycles. The van der Waals surface area contributed by atoms with Gasteiger partial charge >= 0.3 is 24.1 Å². The number of benzene rings is 2. The first kappa shape index (κ1) is 38.9. The third kappa shape index (κ3) is 14.4. The summed E-state index contributed by atoms with van der Waals surface area (Å²) in [5.41, 5.74) is 3.48. The molecular formula is C36H54N4O7. The van der Waals surface area contributed by atoms with E-state index in [1.165, 1.54) is 7.05 Å². The lowest BCUT2D eigenvalue weighted by Gasteiger charge is -2.31. The van der Waals surface area contributed by atoms with Crippen LogP contribution in [0.25, 0.3) is 0 Å². The number of carbonyl (C=O) groups is 4. The van der Waals surface area contributed by atoms with Gasteiger partial charge in [0, 0.05) is 25.8 Å². The van der Waals surface area contributed by atoms with Gasteiger partial charge in [-0.15, -0.1) is 0 Å². The summed E-state index contributed by atoms with van der Waals surface area (Å²) in [4.78, 5) is 53.6. The van der Waals surface area contributed by atoms with Crippen LogP contribution in [0.5, 0.6) is 0 Å². The van der Waals surface area contributed by atoms with Crippen molar-refractivity contribution in [3.63, 3.8) is 0 Å². The fraction of sp³-hybridized carbons (Fsp3) is 0.556. The molecule has 2 rings (SSSR count). The van der Waals surface area contributed by atoms with Crippen LogP contribution < -0.4 is 15.5 Å². The van der Waals surface area contributed by atoms with Crippen LogP contribution in [0.2, 0.25) is 0 Å². The maximum Gasteiger partial charge on any atom is 0.410 e. The molecule has 2 N–H and O–H groups in total. The fourth-order valence-corrected chi connectivity index (χ4v) is 4.82. The van der Waals surface area contributed by atoms with Crippen molar-refractivity contribution in [1.29, 1.82) is 0 Å². The average Bonchev–Trinajstić information content (AvgIpc) is 2.95. The normalized spacial score (nSPS) is 11.9. The van der Waals surface area contributed by atoms with E-state index in [9.17, 15) is 19.2 Å². The zero-order valence-corrected chi connectivity index (χ0v) is 29.8. The summed E-state index contributed by atoms with van der Waals surface area (Å²) in [7, 11) is 1.42. The van der Waals surface area contributed by atoms with Crippen molar-refractivity contribution >= 4 is 41.1 Å². The van der Waals surface area contributed by atoms with Gasteiger partial charge in [-0.2, -0.15) is 0 Å². The summed E-state index contributed by atoms with van der Waals surface area (Å²) in [6.07, 6.45) is 0.00866. The highest BCUT2D eigenvalue weighted by Gasteiger charge is 2.23. The molecule has 0 saturated heterocycles. The lowest BCUT2D eigenvalue weighted by Crippen LogP contribution is -2.37. The highest BCUT2D eigenvalue weighted by atomic mass is 16.7. The number of aryl methyl sites for hydroxylation is 1. The molecule has 0 heterocycles. The molecule has 0 aliphatic carbocycles. The number of nitrogens with zero attached hydrogens (tertiary/aromatic N) is 2. The van der Waals surface area contributed by atoms with Crippen LogP contribution in [-0.4, -0.2) is 68.0 Å². The van der Waals surface area contributed by atoms with E-state index in [-0.39, 0.29) is 24.9 Å². The summed E-state index contributed by atoms with van der Waals surface area (Å²) >= 11 is 0. The Morgan fingerprint density at radius 3 is 2.00 bits per heavy atom. The van der Waals surface area contributed by atoms with Crippen molar-refractivity contribution in [3.05, 3.63) is 53.6 Å². The molecule has 11 heteroatoms. The number of amides is 3. The van der Waals surface area contributed by atoms with E-state index in [1.54, 1.807) is 20.8 Å². The fourth-order valence-electron chi connectivity index (χ4n) is 4.82. The number of esters is 2.